The van der Waals surface area contributed by atoms with E-state index in [-0.39, 0.29) is 136 Å². The molecule has 0 bridgehead atoms. The van der Waals surface area contributed by atoms with Crippen molar-refractivity contribution in [2.45, 2.75) is 133 Å². The van der Waals surface area contributed by atoms with Crippen LogP contribution in [0.2, 0.25) is 0 Å². The highest BCUT2D eigenvalue weighted by Gasteiger charge is 2.46. The Morgan fingerprint density at radius 3 is 1.09 bits per heavy atom. The molecule has 0 aliphatic carbocycles. The van der Waals surface area contributed by atoms with Crippen LogP contribution in [0.3, 0.4) is 0 Å². The van der Waals surface area contributed by atoms with Crippen molar-refractivity contribution in [2.75, 3.05) is 188 Å². The molecule has 1 aromatic carbocycles. The zero-order chi connectivity index (χ0) is 90.9. The van der Waals surface area contributed by atoms with Gasteiger partial charge in [0, 0.05) is 120 Å². The molecule has 6 saturated heterocycles. The normalized spacial score (nSPS) is 21.7. The van der Waals surface area contributed by atoms with Crippen LogP contribution in [0, 0.1) is 43.1 Å². The number of amides is 3. The average molecular weight is 1780 g/mol. The van der Waals surface area contributed by atoms with Gasteiger partial charge in [-0.1, -0.05) is 32.7 Å². The lowest BCUT2D eigenvalue weighted by molar-refractivity contribution is -0.140. The van der Waals surface area contributed by atoms with Crippen LogP contribution in [-0.2, 0) is 71.8 Å². The molecular weight excluding hydrogens is 1680 g/mol. The second-order valence-electron chi connectivity index (χ2n) is 32.9. The van der Waals surface area contributed by atoms with E-state index in [0.717, 1.165) is 86.9 Å². The molecular formula is C86H99F12N23O6. The molecule has 0 radical (unpaired) electrons. The molecule has 14 heterocycles. The second-order valence-corrected chi connectivity index (χ2v) is 32.9. The molecule has 0 unspecified atom stereocenters. The summed E-state index contributed by atoms with van der Waals surface area (Å²) in [6, 6.07) is 3.06. The first-order chi connectivity index (χ1) is 60.7. The lowest BCUT2D eigenvalue weighted by atomic mass is 10.0. The Morgan fingerprint density at radius 1 is 0.433 bits per heavy atom. The third-order valence-electron chi connectivity index (χ3n) is 24.8. The van der Waals surface area contributed by atoms with Gasteiger partial charge < -0.3 is 82.6 Å². The third kappa shape index (κ3) is 21.2. The number of fused-ring (bicyclic) bond motifs is 3. The molecule has 0 spiro atoms. The van der Waals surface area contributed by atoms with Gasteiger partial charge in [-0.05, 0) is 122 Å². The summed E-state index contributed by atoms with van der Waals surface area (Å²) in [5.74, 6) is -2.69. The van der Waals surface area contributed by atoms with Gasteiger partial charge in [-0.3, -0.25) is 29.3 Å². The summed E-state index contributed by atoms with van der Waals surface area (Å²) in [6.45, 7) is 43.1. The number of carbonyl (C=O) groups excluding carboxylic acids is 3. The molecule has 15 rings (SSSR count). The minimum atomic E-state index is -4.90. The monoisotopic (exact) mass is 1780 g/mol. The van der Waals surface area contributed by atoms with E-state index in [9.17, 15) is 67.1 Å². The van der Waals surface area contributed by atoms with Crippen LogP contribution in [0.1, 0.15) is 89.5 Å². The van der Waals surface area contributed by atoms with Crippen LogP contribution in [-0.4, -0.2) is 282 Å². The topological polar surface area (TPSA) is 234 Å². The number of anilines is 6. The van der Waals surface area contributed by atoms with Gasteiger partial charge >= 0.3 is 36.6 Å². The summed E-state index contributed by atoms with van der Waals surface area (Å²) in [6.07, 6.45) is -1.88. The molecule has 0 N–H and O–H groups in total. The van der Waals surface area contributed by atoms with Crippen LogP contribution in [0.15, 0.2) is 81.0 Å². The van der Waals surface area contributed by atoms with Crippen LogP contribution < -0.4 is 43.6 Å². The minimum absolute atomic E-state index is 0.0114. The summed E-state index contributed by atoms with van der Waals surface area (Å²) in [4.78, 5) is 105. The number of hydrogen-bond donors (Lipinski definition) is 0. The first-order valence-electron chi connectivity index (χ1n) is 41.9. The summed E-state index contributed by atoms with van der Waals surface area (Å²) >= 11 is 0. The van der Waals surface area contributed by atoms with Gasteiger partial charge in [0.2, 0.25) is 37.4 Å². The predicted octanol–water partition coefficient (Wildman–Crippen LogP) is 10.4. The minimum Gasteiger partial charge on any atom is -0.462 e. The van der Waals surface area contributed by atoms with Gasteiger partial charge in [0.1, 0.15) is 77.9 Å². The highest BCUT2D eigenvalue weighted by Crippen LogP contribution is 2.45. The zero-order valence-electron chi connectivity index (χ0n) is 70.8. The number of benzene rings is 1. The number of likely N-dealkylation sites (tertiary alicyclic amines) is 3. The number of hydrogen-bond acceptors (Lipinski definition) is 23. The Morgan fingerprint density at radius 2 is 0.780 bits per heavy atom. The lowest BCUT2D eigenvalue weighted by Gasteiger charge is -2.41. The van der Waals surface area contributed by atoms with E-state index in [1.165, 1.54) is 45.1 Å². The fourth-order valence-corrected chi connectivity index (χ4v) is 18.3. The number of carbonyl (C=O) groups is 3. The molecule has 0 saturated carbocycles. The van der Waals surface area contributed by atoms with E-state index >= 15 is 0 Å². The van der Waals surface area contributed by atoms with Gasteiger partial charge in [0.15, 0.2) is 11.6 Å². The van der Waals surface area contributed by atoms with Crippen molar-refractivity contribution in [3.05, 3.63) is 183 Å². The first-order valence-corrected chi connectivity index (χ1v) is 41.9. The van der Waals surface area contributed by atoms with Crippen LogP contribution >= 0.6 is 0 Å². The molecule has 6 aromatic rings. The highest BCUT2D eigenvalue weighted by atomic mass is 19.4. The van der Waals surface area contributed by atoms with Gasteiger partial charge in [-0.2, -0.15) is 69.4 Å². The van der Waals surface area contributed by atoms with Gasteiger partial charge in [-0.15, -0.1) is 0 Å². The van der Waals surface area contributed by atoms with Crippen molar-refractivity contribution in [1.29, 1.82) is 0 Å². The van der Waals surface area contributed by atoms with E-state index < -0.39 is 64.8 Å². The van der Waals surface area contributed by atoms with E-state index in [1.54, 1.807) is 14.7 Å². The maximum Gasteiger partial charge on any atom is 0.421 e. The van der Waals surface area contributed by atoms with Crippen LogP contribution in [0.4, 0.5) is 87.2 Å². The Bertz CT molecular complexity index is 4960. The maximum absolute atomic E-state index is 14.4. The number of nitrogens with zero attached hydrogens (tertiary/aromatic N) is 23. The van der Waals surface area contributed by atoms with Crippen LogP contribution in [0.5, 0.6) is 18.0 Å². The van der Waals surface area contributed by atoms with Crippen molar-refractivity contribution < 1.29 is 81.3 Å². The number of aromatic nitrogens is 8. The Kier molecular flexibility index (Phi) is 29.2. The van der Waals surface area contributed by atoms with Crippen molar-refractivity contribution in [3.8, 4) is 18.0 Å². The third-order valence-corrected chi connectivity index (χ3v) is 24.8. The predicted molar refractivity (Wildman–Crippen MR) is 446 cm³/mol. The van der Waals surface area contributed by atoms with Gasteiger partial charge in [0.05, 0.1) is 78.6 Å². The average Bonchev–Trinajstić information content (AvgIpc) is 1.40. The molecule has 41 heteroatoms. The molecule has 127 heavy (non-hydrogen) atoms. The number of piperazine rings is 3. The molecule has 678 valence electrons. The van der Waals surface area contributed by atoms with Crippen molar-refractivity contribution in [2.24, 2.45) is 5.92 Å². The molecule has 3 amide bonds. The quantitative estimate of drug-likeness (QED) is 0.0370. The van der Waals surface area contributed by atoms with E-state index in [1.807, 2.05) is 35.8 Å². The molecule has 29 nitrogen and oxygen atoms in total. The van der Waals surface area contributed by atoms with Crippen molar-refractivity contribution >= 4 is 52.2 Å². The largest absolute Gasteiger partial charge is 0.462 e. The van der Waals surface area contributed by atoms with Crippen LogP contribution in [0.25, 0.3) is 14.5 Å². The summed E-state index contributed by atoms with van der Waals surface area (Å²) in [5.41, 5.74) is -1.23. The van der Waals surface area contributed by atoms with E-state index in [4.69, 9.17) is 48.9 Å². The molecule has 6 fully saturated rings. The van der Waals surface area contributed by atoms with Gasteiger partial charge in [0.25, 0.3) is 0 Å². The molecule has 9 aliphatic rings. The van der Waals surface area contributed by atoms with Gasteiger partial charge in [-0.25, -0.2) is 32.9 Å². The zero-order valence-corrected chi connectivity index (χ0v) is 70.8. The number of rotatable bonds is 21. The molecule has 5 aromatic heterocycles. The van der Waals surface area contributed by atoms with E-state index in [0.29, 0.717) is 151 Å². The number of pyridine rings is 2. The smallest absolute Gasteiger partial charge is 0.421 e. The van der Waals surface area contributed by atoms with Crippen molar-refractivity contribution in [1.82, 2.24) is 69.3 Å². The Labute approximate surface area is 727 Å². The first kappa shape index (κ1) is 92.8. The maximum atomic E-state index is 14.4. The number of ether oxygens (including phenoxy) is 3. The van der Waals surface area contributed by atoms with Crippen molar-refractivity contribution in [3.63, 3.8) is 0 Å². The molecule has 9 aliphatic heterocycles. The Hall–Kier alpha value is -11.9. The number of alkyl halides is 9. The number of halogens is 12. The van der Waals surface area contributed by atoms with E-state index in [2.05, 4.69) is 80.8 Å². The Balaban J connectivity index is 0.000000163. The standard InChI is InChI=1S/C29H34F4N8O2.C29H33F4N7O2.C28H32F4N8O2/c1-5-25(42)41-9-8-40(15-20(41)11-34-3)27-21-6-7-39(24-13-35-12-22(30)26(24)29(31,32)33)16-23(21)36-28(37-27)43-17-19-10-18(2)14-38(19)4;1-4-25(41)40-14-13-39(16-20(40)15-34-2)27-21-10-12-38(24-9-5-8-22(30)26(24)29(31,32)33)17-23(21)35-28(36-27)42-18-19-7-6-11-37(19)3;1-4-24(41)40-11-10-39(15-19(40)12-33-2)26-20-7-9-38(23-14-34-13-21(29)25(23)28(30,31)32)16-22(20)35-27(36-26)42-17-18-6-5-8-37(18)3/h5,12-13,18-20H,1,6-11,14-17H2,2,4H3;4-5,8-9,19-20H,1,6-7,10-18H2,3H3;4,13-14,18-19H,1,5-12,15-17H2,3H3/t18-,19+,20+;19-,20+;18-,19-/m110/s1. The lowest BCUT2D eigenvalue weighted by Crippen LogP contribution is -2.56. The molecule has 7 atom stereocenters. The second kappa shape index (κ2) is 40.0. The fourth-order valence-electron chi connectivity index (χ4n) is 18.3. The summed E-state index contributed by atoms with van der Waals surface area (Å²) in [7, 11) is 6.07. The summed E-state index contributed by atoms with van der Waals surface area (Å²) < 4.78 is 186. The highest BCUT2D eigenvalue weighted by molar-refractivity contribution is 5.89. The SMILES string of the molecule is [C-]#[N+]C[C@H]1CN(c2nc(OC[C@@H]3CCCN3C)nc3c2CCN(c2cncc(F)c2C(F)(F)F)C3)CCN1C(=O)C=C.[C-]#[N+]C[C@H]1CN(c2nc(OC[C@@H]3C[C@@H](C)CN3C)nc3c2CCN(c2cncc(F)c2C(F)(F)F)C3)CCN1C(=O)C=C.[C-]#[N+]C[C@H]1CN(c2nc(OC[C@H]3CCCN3C)nc3c2CCN(c2cccc(F)c2C(F)(F)F)C3)CCN1C(=O)C=C. The summed E-state index contributed by atoms with van der Waals surface area (Å²) in [5, 5.41) is 0. The number of likely N-dealkylation sites (N-methyl/N-ethyl adjacent to an activating group) is 3. The fraction of sp³-hybridized carbons (Fsp3) is 0.535.